The summed E-state index contributed by atoms with van der Waals surface area (Å²) in [5.41, 5.74) is 13.9. The summed E-state index contributed by atoms with van der Waals surface area (Å²) in [5.74, 6) is 1.59. The number of halogens is 1. The molecule has 0 spiro atoms. The predicted octanol–water partition coefficient (Wildman–Crippen LogP) is 5.04. The van der Waals surface area contributed by atoms with E-state index < -0.39 is 6.17 Å². The summed E-state index contributed by atoms with van der Waals surface area (Å²) in [7, 11) is 3.55. The van der Waals surface area contributed by atoms with E-state index in [0.717, 1.165) is 56.7 Å². The Morgan fingerprint density at radius 1 is 1.09 bits per heavy atom. The van der Waals surface area contributed by atoms with Crippen molar-refractivity contribution in [3.8, 4) is 28.4 Å². The molecule has 2 aliphatic heterocycles. The van der Waals surface area contributed by atoms with E-state index >= 15 is 0 Å². The Morgan fingerprint density at radius 3 is 2.71 bits per heavy atom. The molecule has 0 unspecified atom stereocenters. The summed E-state index contributed by atoms with van der Waals surface area (Å²) in [6.07, 6.45) is 1.50. The summed E-state index contributed by atoms with van der Waals surface area (Å²) < 4.78 is 24.5. The van der Waals surface area contributed by atoms with Gasteiger partial charge in [0, 0.05) is 54.8 Å². The van der Waals surface area contributed by atoms with E-state index in [9.17, 15) is 14.0 Å². The Hall–Kier alpha value is -4.70. The number of piperidine rings is 1. The van der Waals surface area contributed by atoms with Crippen molar-refractivity contribution >= 4 is 33.8 Å². The first-order valence-corrected chi connectivity index (χ1v) is 15.6. The zero-order chi connectivity index (χ0) is 31.0. The molecule has 230 valence electrons. The van der Waals surface area contributed by atoms with E-state index in [0.29, 0.717) is 35.8 Å². The zero-order valence-corrected chi connectivity index (χ0v) is 25.3. The van der Waals surface area contributed by atoms with E-state index in [2.05, 4.69) is 40.2 Å². The second-order valence-corrected chi connectivity index (χ2v) is 12.7. The molecule has 0 radical (unpaired) electrons. The van der Waals surface area contributed by atoms with E-state index in [1.165, 1.54) is 17.7 Å². The first-order valence-electron chi connectivity index (χ1n) is 15.6. The highest BCUT2D eigenvalue weighted by molar-refractivity contribution is 6.02. The molecule has 0 bridgehead atoms. The average molecular weight is 607 g/mol. The molecule has 1 saturated heterocycles. The first kappa shape index (κ1) is 27.8. The molecule has 2 amide bonds. The SMILES string of the molecule is COc1cc(C(=O)N2C[C@H](N)C[C@@H](F)C2)cc2nc(-c3cc4cccc(-c5ccc6c(c5)CNC6=O)c4n3CC3CC3)n(C)c12. The van der Waals surface area contributed by atoms with Crippen molar-refractivity contribution in [3.05, 3.63) is 71.3 Å². The van der Waals surface area contributed by atoms with Crippen LogP contribution in [0.3, 0.4) is 0 Å². The largest absolute Gasteiger partial charge is 0.494 e. The molecule has 2 aromatic heterocycles. The van der Waals surface area contributed by atoms with Crippen molar-refractivity contribution in [3.63, 3.8) is 0 Å². The van der Waals surface area contributed by atoms with Gasteiger partial charge in [0.25, 0.3) is 11.8 Å². The van der Waals surface area contributed by atoms with E-state index in [1.54, 1.807) is 19.2 Å². The third-order valence-corrected chi connectivity index (χ3v) is 9.51. The van der Waals surface area contributed by atoms with Crippen molar-refractivity contribution in [2.75, 3.05) is 20.2 Å². The Kier molecular flexibility index (Phi) is 6.46. The van der Waals surface area contributed by atoms with E-state index in [-0.39, 0.29) is 30.8 Å². The number of carbonyl (C=O) groups is 2. The number of rotatable bonds is 6. The van der Waals surface area contributed by atoms with Gasteiger partial charge in [-0.25, -0.2) is 9.37 Å². The van der Waals surface area contributed by atoms with Gasteiger partial charge in [-0.15, -0.1) is 0 Å². The quantitative estimate of drug-likeness (QED) is 0.282. The maximum absolute atomic E-state index is 14.3. The second kappa shape index (κ2) is 10.4. The van der Waals surface area contributed by atoms with Crippen LogP contribution in [-0.4, -0.2) is 63.2 Å². The van der Waals surface area contributed by atoms with Gasteiger partial charge in [-0.05, 0) is 66.6 Å². The van der Waals surface area contributed by atoms with Crippen LogP contribution >= 0.6 is 0 Å². The highest BCUT2D eigenvalue weighted by Gasteiger charge is 2.31. The average Bonchev–Trinajstić information content (AvgIpc) is 3.55. The molecular formula is C35H35FN6O3. The highest BCUT2D eigenvalue weighted by Crippen LogP contribution is 2.41. The van der Waals surface area contributed by atoms with Gasteiger partial charge in [0.2, 0.25) is 0 Å². The number of hydrogen-bond acceptors (Lipinski definition) is 5. The van der Waals surface area contributed by atoms with Crippen LogP contribution in [0.15, 0.2) is 54.6 Å². The second-order valence-electron chi connectivity index (χ2n) is 12.7. The molecule has 3 N–H and O–H groups in total. The molecule has 10 heteroatoms. The lowest BCUT2D eigenvalue weighted by molar-refractivity contribution is 0.0606. The number of nitrogens with two attached hydrogens (primary N) is 1. The van der Waals surface area contributed by atoms with Gasteiger partial charge in [0.15, 0.2) is 5.82 Å². The number of methoxy groups -OCH3 is 1. The fraction of sp³-hybridized carbons (Fsp3) is 0.343. The molecule has 3 aliphatic rings. The smallest absolute Gasteiger partial charge is 0.254 e. The van der Waals surface area contributed by atoms with Crippen LogP contribution < -0.4 is 15.8 Å². The maximum Gasteiger partial charge on any atom is 0.254 e. The Morgan fingerprint density at radius 2 is 1.93 bits per heavy atom. The number of alkyl halides is 1. The standard InChI is InChI=1S/C35H35FN6O3/c1-40-32-28(11-22(13-30(32)45-2)35(44)41-17-24(36)14-25(37)18-41)39-33(40)29-12-21-4-3-5-26(31(21)42(29)16-19-6-7-19)20-8-9-27-23(10-20)15-38-34(27)43/h3-5,8-13,19,24-25H,6-7,14-18,37H2,1-2H3,(H,38,43)/t24-,25-/m1/s1. The fourth-order valence-electron chi connectivity index (χ4n) is 7.13. The van der Waals surface area contributed by atoms with Crippen molar-refractivity contribution in [2.45, 2.75) is 44.6 Å². The lowest BCUT2D eigenvalue weighted by Crippen LogP contribution is -2.50. The molecule has 45 heavy (non-hydrogen) atoms. The molecule has 1 aliphatic carbocycles. The topological polar surface area (TPSA) is 107 Å². The molecule has 4 heterocycles. The number of hydrogen-bond donors (Lipinski definition) is 2. The Balaban J connectivity index is 1.27. The van der Waals surface area contributed by atoms with Gasteiger partial charge in [0.1, 0.15) is 17.4 Å². The number of benzene rings is 3. The number of carbonyl (C=O) groups excluding carboxylic acids is 2. The maximum atomic E-state index is 14.3. The number of aromatic nitrogens is 3. The number of aryl methyl sites for hydroxylation is 1. The van der Waals surface area contributed by atoms with Gasteiger partial charge < -0.3 is 29.8 Å². The molecule has 3 aromatic carbocycles. The van der Waals surface area contributed by atoms with E-state index in [1.807, 2.05) is 23.7 Å². The third kappa shape index (κ3) is 4.66. The summed E-state index contributed by atoms with van der Waals surface area (Å²) in [5, 5.41) is 4.03. The third-order valence-electron chi connectivity index (χ3n) is 9.51. The summed E-state index contributed by atoms with van der Waals surface area (Å²) >= 11 is 0. The summed E-state index contributed by atoms with van der Waals surface area (Å²) in [6, 6.07) is 17.7. The Labute approximate surface area is 259 Å². The molecule has 2 atom stereocenters. The number of likely N-dealkylation sites (tertiary alicyclic amines) is 1. The molecule has 2 fully saturated rings. The zero-order valence-electron chi connectivity index (χ0n) is 25.3. The van der Waals surface area contributed by atoms with Gasteiger partial charge in [-0.3, -0.25) is 9.59 Å². The molecular weight excluding hydrogens is 571 g/mol. The van der Waals surface area contributed by atoms with Crippen LogP contribution in [0.25, 0.3) is 44.6 Å². The van der Waals surface area contributed by atoms with Crippen LogP contribution in [0.5, 0.6) is 5.75 Å². The van der Waals surface area contributed by atoms with Crippen LogP contribution in [0, 0.1) is 5.92 Å². The highest BCUT2D eigenvalue weighted by atomic mass is 19.1. The molecule has 8 rings (SSSR count). The number of ether oxygens (including phenoxy) is 1. The van der Waals surface area contributed by atoms with Crippen LogP contribution in [0.4, 0.5) is 4.39 Å². The van der Waals surface area contributed by atoms with Gasteiger partial charge >= 0.3 is 0 Å². The predicted molar refractivity (Wildman–Crippen MR) is 171 cm³/mol. The fourth-order valence-corrected chi connectivity index (χ4v) is 7.13. The minimum Gasteiger partial charge on any atom is -0.494 e. The normalized spacial score (nSPS) is 19.7. The van der Waals surface area contributed by atoms with E-state index in [4.69, 9.17) is 15.5 Å². The molecule has 1 saturated carbocycles. The molecule has 5 aromatic rings. The number of fused-ring (bicyclic) bond motifs is 3. The number of imidazole rings is 1. The number of para-hydroxylation sites is 1. The van der Waals surface area contributed by atoms with Crippen LogP contribution in [0.2, 0.25) is 0 Å². The Bertz CT molecular complexity index is 2020. The minimum absolute atomic E-state index is 0.0256. The lowest BCUT2D eigenvalue weighted by atomic mass is 9.98. The first-order chi connectivity index (χ1) is 21.8. The van der Waals surface area contributed by atoms with Crippen LogP contribution in [0.1, 0.15) is 45.5 Å². The minimum atomic E-state index is -1.14. The van der Waals surface area contributed by atoms with Gasteiger partial charge in [-0.1, -0.05) is 24.3 Å². The van der Waals surface area contributed by atoms with Crippen molar-refractivity contribution < 1.29 is 18.7 Å². The summed E-state index contributed by atoms with van der Waals surface area (Å²) in [4.78, 5) is 32.3. The van der Waals surface area contributed by atoms with Gasteiger partial charge in [-0.2, -0.15) is 0 Å². The van der Waals surface area contributed by atoms with Gasteiger partial charge in [0.05, 0.1) is 30.4 Å². The van der Waals surface area contributed by atoms with Crippen molar-refractivity contribution in [2.24, 2.45) is 18.7 Å². The van der Waals surface area contributed by atoms with Crippen molar-refractivity contribution in [1.82, 2.24) is 24.3 Å². The number of nitrogens with one attached hydrogen (secondary N) is 1. The molecule has 9 nitrogen and oxygen atoms in total. The number of nitrogens with zero attached hydrogens (tertiary/aromatic N) is 4. The van der Waals surface area contributed by atoms with Crippen LogP contribution in [-0.2, 0) is 20.1 Å². The number of amides is 2. The van der Waals surface area contributed by atoms with Crippen molar-refractivity contribution in [1.29, 1.82) is 0 Å². The monoisotopic (exact) mass is 606 g/mol. The summed E-state index contributed by atoms with van der Waals surface area (Å²) in [6.45, 7) is 1.75. The lowest BCUT2D eigenvalue weighted by Gasteiger charge is -2.33.